The summed E-state index contributed by atoms with van der Waals surface area (Å²) in [6, 6.07) is 2.11. The molecule has 3 heterocycles. The van der Waals surface area contributed by atoms with Crippen molar-refractivity contribution in [1.29, 1.82) is 0 Å². The Balaban J connectivity index is 1.62. The molecular formula is C15H24N6S. The van der Waals surface area contributed by atoms with E-state index in [4.69, 9.17) is 5.14 Å². The standard InChI is InChI=1S/C15H24N6S/c1-20-15-13(11-18-20)14(4-7-17-15)21-9-5-12(6-10-21)3-8-19-22(2)16/h4,7,11-12,19H,2-3,5-6,8-10,16H2,1H3. The molecule has 0 radical (unpaired) electrons. The van der Waals surface area contributed by atoms with E-state index in [2.05, 4.69) is 31.6 Å². The summed E-state index contributed by atoms with van der Waals surface area (Å²) in [4.78, 5) is 6.88. The fourth-order valence-electron chi connectivity index (χ4n) is 3.17. The Morgan fingerprint density at radius 2 is 2.23 bits per heavy atom. The van der Waals surface area contributed by atoms with E-state index in [0.717, 1.165) is 36.6 Å². The first-order valence-corrected chi connectivity index (χ1v) is 9.14. The number of piperidine rings is 1. The smallest absolute Gasteiger partial charge is 0.159 e. The van der Waals surface area contributed by atoms with Gasteiger partial charge in [-0.3, -0.25) is 14.5 Å². The SMILES string of the molecule is C=S(N)NCCC1CCN(c2ccnc3c2cnn3C)CC1. The highest BCUT2D eigenvalue weighted by atomic mass is 32.2. The Labute approximate surface area is 133 Å². The van der Waals surface area contributed by atoms with E-state index in [0.29, 0.717) is 0 Å². The summed E-state index contributed by atoms with van der Waals surface area (Å²) in [6.45, 7) is 3.16. The predicted molar refractivity (Wildman–Crippen MR) is 95.0 cm³/mol. The molecule has 7 heteroatoms. The number of nitrogens with one attached hydrogen (secondary N) is 1. The minimum atomic E-state index is -0.397. The third-order valence-corrected chi connectivity index (χ3v) is 4.98. The molecule has 2 aromatic rings. The average molecular weight is 320 g/mol. The van der Waals surface area contributed by atoms with E-state index in [1.807, 2.05) is 24.1 Å². The van der Waals surface area contributed by atoms with Gasteiger partial charge in [0.05, 0.1) is 17.3 Å². The zero-order chi connectivity index (χ0) is 15.5. The number of aryl methyl sites for hydroxylation is 1. The topological polar surface area (TPSA) is 72.0 Å². The van der Waals surface area contributed by atoms with Crippen LogP contribution in [0.25, 0.3) is 11.0 Å². The number of rotatable bonds is 5. The van der Waals surface area contributed by atoms with Gasteiger partial charge in [-0.25, -0.2) is 4.98 Å². The largest absolute Gasteiger partial charge is 0.371 e. The summed E-state index contributed by atoms with van der Waals surface area (Å²) >= 11 is 0. The van der Waals surface area contributed by atoms with E-state index in [1.54, 1.807) is 0 Å². The third-order valence-electron chi connectivity index (χ3n) is 4.41. The Kier molecular flexibility index (Phi) is 4.75. The van der Waals surface area contributed by atoms with Crippen molar-refractivity contribution in [1.82, 2.24) is 19.5 Å². The summed E-state index contributed by atoms with van der Waals surface area (Å²) in [5.74, 6) is 4.55. The van der Waals surface area contributed by atoms with Crippen LogP contribution in [-0.2, 0) is 7.05 Å². The van der Waals surface area contributed by atoms with Crippen molar-refractivity contribution >= 4 is 33.4 Å². The highest BCUT2D eigenvalue weighted by Crippen LogP contribution is 2.29. The fraction of sp³-hybridized carbons (Fsp3) is 0.533. The number of pyridine rings is 1. The second kappa shape index (κ2) is 6.76. The van der Waals surface area contributed by atoms with Crippen LogP contribution in [0.15, 0.2) is 18.5 Å². The molecule has 1 aliphatic heterocycles. The number of aromatic nitrogens is 3. The summed E-state index contributed by atoms with van der Waals surface area (Å²) in [5, 5.41) is 11.1. The minimum Gasteiger partial charge on any atom is -0.371 e. The van der Waals surface area contributed by atoms with Crippen molar-refractivity contribution in [2.75, 3.05) is 24.5 Å². The molecule has 120 valence electrons. The molecule has 1 fully saturated rings. The van der Waals surface area contributed by atoms with Gasteiger partial charge in [0.1, 0.15) is 0 Å². The van der Waals surface area contributed by atoms with Crippen molar-refractivity contribution in [3.05, 3.63) is 18.5 Å². The van der Waals surface area contributed by atoms with Gasteiger partial charge >= 0.3 is 0 Å². The summed E-state index contributed by atoms with van der Waals surface area (Å²) in [5.41, 5.74) is 2.21. The van der Waals surface area contributed by atoms with Crippen LogP contribution in [0.4, 0.5) is 5.69 Å². The van der Waals surface area contributed by atoms with E-state index in [1.165, 1.54) is 24.9 Å². The maximum atomic E-state index is 5.64. The average Bonchev–Trinajstić information content (AvgIpc) is 2.89. The molecule has 22 heavy (non-hydrogen) atoms. The van der Waals surface area contributed by atoms with Crippen LogP contribution in [-0.4, -0.2) is 40.3 Å². The molecule has 3 rings (SSSR count). The lowest BCUT2D eigenvalue weighted by atomic mass is 9.93. The predicted octanol–water partition coefficient (Wildman–Crippen LogP) is 1.65. The first kappa shape index (κ1) is 15.5. The van der Waals surface area contributed by atoms with Gasteiger partial charge in [0.25, 0.3) is 0 Å². The molecule has 0 saturated carbocycles. The lowest BCUT2D eigenvalue weighted by molar-refractivity contribution is 0.384. The Hall–Kier alpha value is -1.44. The molecule has 2 aromatic heterocycles. The van der Waals surface area contributed by atoms with Crippen molar-refractivity contribution in [2.45, 2.75) is 19.3 Å². The van der Waals surface area contributed by atoms with Crippen LogP contribution < -0.4 is 14.8 Å². The zero-order valence-electron chi connectivity index (χ0n) is 13.0. The molecule has 1 aliphatic rings. The van der Waals surface area contributed by atoms with E-state index in [9.17, 15) is 0 Å². The lowest BCUT2D eigenvalue weighted by Gasteiger charge is -2.34. The third kappa shape index (κ3) is 3.31. The molecule has 6 nitrogen and oxygen atoms in total. The number of anilines is 1. The van der Waals surface area contributed by atoms with Crippen LogP contribution in [0.5, 0.6) is 0 Å². The van der Waals surface area contributed by atoms with Gasteiger partial charge < -0.3 is 4.90 Å². The van der Waals surface area contributed by atoms with Gasteiger partial charge in [-0.1, -0.05) is 10.9 Å². The number of fused-ring (bicyclic) bond motifs is 1. The zero-order valence-corrected chi connectivity index (χ0v) is 13.9. The second-order valence-corrected chi connectivity index (χ2v) is 7.02. The molecule has 0 amide bonds. The molecule has 0 bridgehead atoms. The Morgan fingerprint density at radius 3 is 2.95 bits per heavy atom. The van der Waals surface area contributed by atoms with Gasteiger partial charge in [0, 0.05) is 32.9 Å². The van der Waals surface area contributed by atoms with E-state index >= 15 is 0 Å². The normalized spacial score (nSPS) is 18.0. The van der Waals surface area contributed by atoms with Gasteiger partial charge in [0.2, 0.25) is 0 Å². The number of hydrogen-bond donors (Lipinski definition) is 2. The lowest BCUT2D eigenvalue weighted by Crippen LogP contribution is -2.34. The molecule has 0 aliphatic carbocycles. The highest BCUT2D eigenvalue weighted by molar-refractivity contribution is 8.10. The van der Waals surface area contributed by atoms with E-state index < -0.39 is 10.9 Å². The minimum absolute atomic E-state index is 0.397. The van der Waals surface area contributed by atoms with Gasteiger partial charge in [-0.15, -0.1) is 0 Å². The first-order chi connectivity index (χ1) is 10.6. The molecule has 1 atom stereocenters. The van der Waals surface area contributed by atoms with Gasteiger partial charge in [-0.05, 0) is 37.1 Å². The quantitative estimate of drug-likeness (QED) is 0.820. The van der Waals surface area contributed by atoms with Crippen molar-refractivity contribution in [3.63, 3.8) is 0 Å². The summed E-state index contributed by atoms with van der Waals surface area (Å²) in [7, 11) is 1.54. The van der Waals surface area contributed by atoms with Gasteiger partial charge in [0.15, 0.2) is 5.65 Å². The van der Waals surface area contributed by atoms with Crippen molar-refractivity contribution in [2.24, 2.45) is 18.1 Å². The molecule has 1 unspecified atom stereocenters. The highest BCUT2D eigenvalue weighted by Gasteiger charge is 2.21. The fourth-order valence-corrected chi connectivity index (χ4v) is 3.55. The number of nitrogens with zero attached hydrogens (tertiary/aromatic N) is 4. The summed E-state index contributed by atoms with van der Waals surface area (Å²) in [6.07, 6.45) is 7.43. The number of nitrogens with two attached hydrogens (primary N) is 1. The van der Waals surface area contributed by atoms with Crippen molar-refractivity contribution in [3.8, 4) is 0 Å². The molecule has 0 spiro atoms. The van der Waals surface area contributed by atoms with Crippen LogP contribution in [0, 0.1) is 5.92 Å². The first-order valence-electron chi connectivity index (χ1n) is 7.68. The van der Waals surface area contributed by atoms with E-state index in [-0.39, 0.29) is 0 Å². The molecular weight excluding hydrogens is 296 g/mol. The molecule has 0 aromatic carbocycles. The number of hydrogen-bond acceptors (Lipinski definition) is 5. The van der Waals surface area contributed by atoms with Crippen LogP contribution >= 0.6 is 10.9 Å². The van der Waals surface area contributed by atoms with Crippen LogP contribution in [0.1, 0.15) is 19.3 Å². The monoisotopic (exact) mass is 320 g/mol. The maximum Gasteiger partial charge on any atom is 0.159 e. The summed E-state index contributed by atoms with van der Waals surface area (Å²) < 4.78 is 5.06. The molecule has 3 N–H and O–H groups in total. The van der Waals surface area contributed by atoms with Crippen LogP contribution in [0.3, 0.4) is 0 Å². The van der Waals surface area contributed by atoms with Gasteiger partial charge in [-0.2, -0.15) is 5.10 Å². The maximum absolute atomic E-state index is 5.64. The second-order valence-electron chi connectivity index (χ2n) is 5.88. The Bertz CT molecular complexity index is 659. The van der Waals surface area contributed by atoms with Crippen molar-refractivity contribution < 1.29 is 0 Å². The van der Waals surface area contributed by atoms with Crippen LogP contribution in [0.2, 0.25) is 0 Å². The Morgan fingerprint density at radius 1 is 1.45 bits per heavy atom. The molecule has 1 saturated heterocycles.